The number of hydrogen-bond donors (Lipinski definition) is 1. The molecule has 1 aromatic rings. The van der Waals surface area contributed by atoms with Gasteiger partial charge < -0.3 is 10.6 Å². The Morgan fingerprint density at radius 3 is 2.84 bits per heavy atom. The van der Waals surface area contributed by atoms with Crippen molar-refractivity contribution in [2.45, 2.75) is 32.7 Å². The molecule has 0 aliphatic carbocycles. The number of piperidine rings is 1. The number of non-ortho nitro benzene ring substituents is 1. The Balaban J connectivity index is 2.23. The summed E-state index contributed by atoms with van der Waals surface area (Å²) in [6.45, 7) is 5.76. The quantitative estimate of drug-likeness (QED) is 0.671. The molecule has 2 unspecified atom stereocenters. The molecule has 0 amide bonds. The van der Waals surface area contributed by atoms with Crippen molar-refractivity contribution in [3.05, 3.63) is 33.9 Å². The van der Waals surface area contributed by atoms with Crippen molar-refractivity contribution in [2.75, 3.05) is 18.0 Å². The molecule has 2 rings (SSSR count). The zero-order valence-electron chi connectivity index (χ0n) is 11.5. The third-order valence-electron chi connectivity index (χ3n) is 3.82. The predicted molar refractivity (Wildman–Crippen MR) is 76.4 cm³/mol. The van der Waals surface area contributed by atoms with Crippen LogP contribution in [0.1, 0.15) is 25.3 Å². The van der Waals surface area contributed by atoms with Gasteiger partial charge in [0.15, 0.2) is 0 Å². The van der Waals surface area contributed by atoms with Crippen LogP contribution in [0.5, 0.6) is 0 Å². The minimum absolute atomic E-state index is 0.165. The number of nitrogens with zero attached hydrogens (tertiary/aromatic N) is 2. The highest BCUT2D eigenvalue weighted by atomic mass is 16.6. The average Bonchev–Trinajstić information content (AvgIpc) is 2.38. The zero-order valence-corrected chi connectivity index (χ0v) is 11.5. The SMILES string of the molecule is Cc1cc(N2CCCC(C(C)N)C2)cc([N+](=O)[O-])c1. The lowest BCUT2D eigenvalue weighted by Gasteiger charge is -2.36. The van der Waals surface area contributed by atoms with E-state index in [1.165, 1.54) is 0 Å². The van der Waals surface area contributed by atoms with Gasteiger partial charge in [-0.2, -0.15) is 0 Å². The molecule has 2 atom stereocenters. The second-order valence-electron chi connectivity index (χ2n) is 5.49. The van der Waals surface area contributed by atoms with E-state index in [1.54, 1.807) is 12.1 Å². The molecule has 0 radical (unpaired) electrons. The van der Waals surface area contributed by atoms with E-state index in [4.69, 9.17) is 5.73 Å². The van der Waals surface area contributed by atoms with Crippen molar-refractivity contribution in [2.24, 2.45) is 11.7 Å². The average molecular weight is 263 g/mol. The van der Waals surface area contributed by atoms with Gasteiger partial charge in [0.2, 0.25) is 0 Å². The van der Waals surface area contributed by atoms with Crippen LogP contribution in [0.3, 0.4) is 0 Å². The molecular weight excluding hydrogens is 242 g/mol. The van der Waals surface area contributed by atoms with Gasteiger partial charge in [0.1, 0.15) is 0 Å². The second-order valence-corrected chi connectivity index (χ2v) is 5.49. The van der Waals surface area contributed by atoms with Gasteiger partial charge >= 0.3 is 0 Å². The van der Waals surface area contributed by atoms with E-state index >= 15 is 0 Å². The van der Waals surface area contributed by atoms with Gasteiger partial charge in [-0.25, -0.2) is 0 Å². The number of anilines is 1. The molecular formula is C14H21N3O2. The molecule has 1 aliphatic rings. The van der Waals surface area contributed by atoms with Crippen molar-refractivity contribution in [1.29, 1.82) is 0 Å². The molecule has 19 heavy (non-hydrogen) atoms. The van der Waals surface area contributed by atoms with Crippen LogP contribution < -0.4 is 10.6 Å². The fourth-order valence-electron chi connectivity index (χ4n) is 2.70. The predicted octanol–water partition coefficient (Wildman–Crippen LogP) is 2.47. The molecule has 1 aromatic carbocycles. The summed E-state index contributed by atoms with van der Waals surface area (Å²) in [5.41, 5.74) is 8.01. The molecule has 104 valence electrons. The monoisotopic (exact) mass is 263 g/mol. The number of nitrogens with two attached hydrogens (primary N) is 1. The van der Waals surface area contributed by atoms with E-state index in [2.05, 4.69) is 4.90 Å². The first-order valence-corrected chi connectivity index (χ1v) is 6.74. The highest BCUT2D eigenvalue weighted by molar-refractivity contribution is 5.56. The lowest BCUT2D eigenvalue weighted by Crippen LogP contribution is -2.42. The third kappa shape index (κ3) is 3.23. The van der Waals surface area contributed by atoms with Crippen LogP contribution in [0.15, 0.2) is 18.2 Å². The fraction of sp³-hybridized carbons (Fsp3) is 0.571. The molecule has 2 N–H and O–H groups in total. The molecule has 5 nitrogen and oxygen atoms in total. The Hall–Kier alpha value is -1.62. The van der Waals surface area contributed by atoms with Gasteiger partial charge in [-0.3, -0.25) is 10.1 Å². The summed E-state index contributed by atoms with van der Waals surface area (Å²) in [6.07, 6.45) is 2.23. The molecule has 0 saturated carbocycles. The van der Waals surface area contributed by atoms with Crippen molar-refractivity contribution in [1.82, 2.24) is 0 Å². The summed E-state index contributed by atoms with van der Waals surface area (Å²) >= 11 is 0. The van der Waals surface area contributed by atoms with E-state index in [9.17, 15) is 10.1 Å². The summed E-state index contributed by atoms with van der Waals surface area (Å²) in [5, 5.41) is 10.9. The molecule has 0 bridgehead atoms. The van der Waals surface area contributed by atoms with Gasteiger partial charge in [-0.05, 0) is 44.2 Å². The van der Waals surface area contributed by atoms with E-state index in [0.717, 1.165) is 37.2 Å². The largest absolute Gasteiger partial charge is 0.371 e. The minimum atomic E-state index is -0.330. The molecule has 0 aromatic heterocycles. The lowest BCUT2D eigenvalue weighted by atomic mass is 9.92. The summed E-state index contributed by atoms with van der Waals surface area (Å²) in [4.78, 5) is 12.8. The molecule has 1 fully saturated rings. The number of rotatable bonds is 3. The van der Waals surface area contributed by atoms with Crippen LogP contribution in [-0.2, 0) is 0 Å². The van der Waals surface area contributed by atoms with Crippen molar-refractivity contribution in [3.63, 3.8) is 0 Å². The van der Waals surface area contributed by atoms with Gasteiger partial charge in [-0.15, -0.1) is 0 Å². The third-order valence-corrected chi connectivity index (χ3v) is 3.82. The molecule has 1 saturated heterocycles. The van der Waals surface area contributed by atoms with E-state index in [-0.39, 0.29) is 16.7 Å². The van der Waals surface area contributed by atoms with Crippen LogP contribution in [0.2, 0.25) is 0 Å². The summed E-state index contributed by atoms with van der Waals surface area (Å²) in [6, 6.07) is 5.45. The van der Waals surface area contributed by atoms with E-state index in [1.807, 2.05) is 19.9 Å². The van der Waals surface area contributed by atoms with Crippen molar-refractivity contribution < 1.29 is 4.92 Å². The van der Waals surface area contributed by atoms with Crippen molar-refractivity contribution >= 4 is 11.4 Å². The summed E-state index contributed by atoms with van der Waals surface area (Å²) in [5.74, 6) is 0.466. The van der Waals surface area contributed by atoms with E-state index < -0.39 is 0 Å². The Labute approximate surface area is 113 Å². The number of nitro groups is 1. The number of aryl methyl sites for hydroxylation is 1. The maximum absolute atomic E-state index is 10.9. The Morgan fingerprint density at radius 2 is 2.21 bits per heavy atom. The maximum Gasteiger partial charge on any atom is 0.271 e. The van der Waals surface area contributed by atoms with Crippen LogP contribution in [-0.4, -0.2) is 24.1 Å². The maximum atomic E-state index is 10.9. The first kappa shape index (κ1) is 13.8. The van der Waals surface area contributed by atoms with Crippen LogP contribution >= 0.6 is 0 Å². The number of benzene rings is 1. The first-order chi connectivity index (χ1) is 8.97. The highest BCUT2D eigenvalue weighted by Gasteiger charge is 2.24. The summed E-state index contributed by atoms with van der Waals surface area (Å²) < 4.78 is 0. The van der Waals surface area contributed by atoms with Gasteiger partial charge in [-0.1, -0.05) is 0 Å². The minimum Gasteiger partial charge on any atom is -0.371 e. The lowest BCUT2D eigenvalue weighted by molar-refractivity contribution is -0.384. The van der Waals surface area contributed by atoms with Gasteiger partial charge in [0.05, 0.1) is 4.92 Å². The molecule has 1 heterocycles. The first-order valence-electron chi connectivity index (χ1n) is 6.74. The molecule has 1 aliphatic heterocycles. The van der Waals surface area contributed by atoms with Crippen molar-refractivity contribution in [3.8, 4) is 0 Å². The van der Waals surface area contributed by atoms with Crippen LogP contribution in [0.4, 0.5) is 11.4 Å². The Bertz CT molecular complexity index is 474. The molecule has 0 spiro atoms. The van der Waals surface area contributed by atoms with E-state index in [0.29, 0.717) is 5.92 Å². The zero-order chi connectivity index (χ0) is 14.0. The second kappa shape index (κ2) is 5.57. The van der Waals surface area contributed by atoms with Crippen LogP contribution in [0, 0.1) is 23.0 Å². The van der Waals surface area contributed by atoms with Crippen LogP contribution in [0.25, 0.3) is 0 Å². The molecule has 5 heteroatoms. The smallest absolute Gasteiger partial charge is 0.271 e. The summed E-state index contributed by atoms with van der Waals surface area (Å²) in [7, 11) is 0. The van der Waals surface area contributed by atoms with Gasteiger partial charge in [0, 0.05) is 37.0 Å². The normalized spacial score (nSPS) is 21.2. The standard InChI is InChI=1S/C14H21N3O2/c1-10-6-13(8-14(7-10)17(18)19)16-5-3-4-12(9-16)11(2)15/h6-8,11-12H,3-5,9,15H2,1-2H3. The Kier molecular flexibility index (Phi) is 4.04. The number of hydrogen-bond acceptors (Lipinski definition) is 4. The topological polar surface area (TPSA) is 72.4 Å². The van der Waals surface area contributed by atoms with Gasteiger partial charge in [0.25, 0.3) is 5.69 Å². The highest BCUT2D eigenvalue weighted by Crippen LogP contribution is 2.28. The number of nitro benzene ring substituents is 1. The fourth-order valence-corrected chi connectivity index (χ4v) is 2.70. The Morgan fingerprint density at radius 1 is 1.47 bits per heavy atom.